The van der Waals surface area contributed by atoms with Gasteiger partial charge in [-0.1, -0.05) is 0 Å². The molecule has 1 N–H and O–H groups in total. The summed E-state index contributed by atoms with van der Waals surface area (Å²) in [6.07, 6.45) is 3.63. The average molecular weight is 245 g/mol. The molecule has 0 atom stereocenters. The van der Waals surface area contributed by atoms with Crippen LogP contribution in [0.3, 0.4) is 0 Å². The summed E-state index contributed by atoms with van der Waals surface area (Å²) in [5.74, 6) is 1.57. The summed E-state index contributed by atoms with van der Waals surface area (Å²) in [6.45, 7) is 0. The highest BCUT2D eigenvalue weighted by molar-refractivity contribution is 7.13. The number of H-pyrrole nitrogens is 1. The van der Waals surface area contributed by atoms with Gasteiger partial charge < -0.3 is 9.88 Å². The molecule has 0 radical (unpaired) electrons. The molecule has 17 heavy (non-hydrogen) atoms. The predicted molar refractivity (Wildman–Crippen MR) is 69.3 cm³/mol. The van der Waals surface area contributed by atoms with Gasteiger partial charge in [-0.2, -0.15) is 0 Å². The van der Waals surface area contributed by atoms with Crippen molar-refractivity contribution in [2.75, 3.05) is 19.0 Å². The lowest BCUT2D eigenvalue weighted by Gasteiger charge is -2.12. The number of rotatable bonds is 2. The fraction of sp³-hybridized carbons (Fsp3) is 0.182. The standard InChI is InChI=1S/C11H11N5S/c1-16(2)10-7-3-4-12-8(7)14-9(15-10)11-13-5-6-17-11/h3-6H,1-2H3,(H,12,14,15). The smallest absolute Gasteiger partial charge is 0.192 e. The molecule has 0 aliphatic heterocycles. The van der Waals surface area contributed by atoms with Crippen LogP contribution in [0.1, 0.15) is 0 Å². The van der Waals surface area contributed by atoms with Gasteiger partial charge in [-0.25, -0.2) is 15.0 Å². The summed E-state index contributed by atoms with van der Waals surface area (Å²) in [6, 6.07) is 1.98. The van der Waals surface area contributed by atoms with Crippen LogP contribution in [0.25, 0.3) is 21.9 Å². The Morgan fingerprint density at radius 1 is 1.29 bits per heavy atom. The van der Waals surface area contributed by atoms with Gasteiger partial charge in [-0.3, -0.25) is 0 Å². The Hall–Kier alpha value is -1.95. The van der Waals surface area contributed by atoms with E-state index in [0.29, 0.717) is 5.82 Å². The van der Waals surface area contributed by atoms with Crippen LogP contribution in [0.2, 0.25) is 0 Å². The second-order valence-electron chi connectivity index (χ2n) is 3.84. The lowest BCUT2D eigenvalue weighted by Crippen LogP contribution is -2.12. The molecule has 0 saturated carbocycles. The minimum absolute atomic E-state index is 0.665. The van der Waals surface area contributed by atoms with Crippen molar-refractivity contribution < 1.29 is 0 Å². The molecule has 6 heteroatoms. The predicted octanol–water partition coefficient (Wildman–Crippen LogP) is 2.15. The van der Waals surface area contributed by atoms with E-state index in [0.717, 1.165) is 21.9 Å². The van der Waals surface area contributed by atoms with Gasteiger partial charge >= 0.3 is 0 Å². The molecule has 5 nitrogen and oxygen atoms in total. The van der Waals surface area contributed by atoms with Crippen LogP contribution in [0.4, 0.5) is 5.82 Å². The van der Waals surface area contributed by atoms with Crippen LogP contribution >= 0.6 is 11.3 Å². The molecule has 0 unspecified atom stereocenters. The van der Waals surface area contributed by atoms with Crippen molar-refractivity contribution in [1.82, 2.24) is 19.9 Å². The van der Waals surface area contributed by atoms with Crippen LogP contribution in [0, 0.1) is 0 Å². The third-order valence-electron chi connectivity index (χ3n) is 2.44. The molecule has 0 saturated heterocycles. The maximum atomic E-state index is 4.56. The van der Waals surface area contributed by atoms with Crippen molar-refractivity contribution in [2.24, 2.45) is 0 Å². The first-order chi connectivity index (χ1) is 8.25. The van der Waals surface area contributed by atoms with E-state index in [1.807, 2.05) is 36.6 Å². The normalized spacial score (nSPS) is 10.9. The van der Waals surface area contributed by atoms with Crippen molar-refractivity contribution in [3.05, 3.63) is 23.8 Å². The third-order valence-corrected chi connectivity index (χ3v) is 3.21. The fourth-order valence-corrected chi connectivity index (χ4v) is 2.26. The van der Waals surface area contributed by atoms with Gasteiger partial charge in [0.1, 0.15) is 11.5 Å². The van der Waals surface area contributed by atoms with Gasteiger partial charge in [0, 0.05) is 31.9 Å². The Kier molecular flexibility index (Phi) is 2.29. The SMILES string of the molecule is CN(C)c1nc(-c2nccs2)nc2[nH]ccc12. The van der Waals surface area contributed by atoms with Gasteiger partial charge in [0.25, 0.3) is 0 Å². The molecule has 0 aromatic carbocycles. The summed E-state index contributed by atoms with van der Waals surface area (Å²) in [7, 11) is 3.95. The zero-order chi connectivity index (χ0) is 11.8. The Labute approximate surface area is 102 Å². The maximum absolute atomic E-state index is 4.56. The lowest BCUT2D eigenvalue weighted by atomic mass is 10.3. The number of nitrogens with one attached hydrogen (secondary N) is 1. The molecule has 0 amide bonds. The Morgan fingerprint density at radius 2 is 2.18 bits per heavy atom. The molecule has 0 aliphatic rings. The lowest BCUT2D eigenvalue weighted by molar-refractivity contribution is 1.06. The largest absolute Gasteiger partial charge is 0.362 e. The van der Waals surface area contributed by atoms with E-state index in [2.05, 4.69) is 19.9 Å². The van der Waals surface area contributed by atoms with E-state index in [1.54, 1.807) is 6.20 Å². The molecule has 3 heterocycles. The summed E-state index contributed by atoms with van der Waals surface area (Å²) in [4.78, 5) is 18.4. The Balaban J connectivity index is 2.27. The summed E-state index contributed by atoms with van der Waals surface area (Å²) in [5, 5.41) is 3.78. The van der Waals surface area contributed by atoms with Crippen molar-refractivity contribution in [3.8, 4) is 10.8 Å². The van der Waals surface area contributed by atoms with Gasteiger partial charge in [0.2, 0.25) is 0 Å². The highest BCUT2D eigenvalue weighted by Gasteiger charge is 2.12. The molecule has 0 spiro atoms. The van der Waals surface area contributed by atoms with E-state index in [1.165, 1.54) is 11.3 Å². The molecule has 0 fully saturated rings. The van der Waals surface area contributed by atoms with Gasteiger partial charge in [0.15, 0.2) is 10.8 Å². The Bertz CT molecular complexity index is 641. The molecule has 3 aromatic rings. The first kappa shape index (κ1) is 10.2. The summed E-state index contributed by atoms with van der Waals surface area (Å²) >= 11 is 1.54. The van der Waals surface area contributed by atoms with Crippen LogP contribution in [-0.2, 0) is 0 Å². The quantitative estimate of drug-likeness (QED) is 0.751. The van der Waals surface area contributed by atoms with E-state index in [9.17, 15) is 0 Å². The van der Waals surface area contributed by atoms with Gasteiger partial charge in [0.05, 0.1) is 5.39 Å². The van der Waals surface area contributed by atoms with Gasteiger partial charge in [-0.15, -0.1) is 11.3 Å². The minimum Gasteiger partial charge on any atom is -0.362 e. The number of thiazole rings is 1. The van der Waals surface area contributed by atoms with Crippen molar-refractivity contribution in [3.63, 3.8) is 0 Å². The second kappa shape index (κ2) is 3.81. The number of hydrogen-bond acceptors (Lipinski definition) is 5. The van der Waals surface area contributed by atoms with Crippen molar-refractivity contribution in [2.45, 2.75) is 0 Å². The number of aromatic nitrogens is 4. The van der Waals surface area contributed by atoms with Crippen LogP contribution in [-0.4, -0.2) is 34.0 Å². The summed E-state index contributed by atoms with van der Waals surface area (Å²) < 4.78 is 0. The number of anilines is 1. The van der Waals surface area contributed by atoms with Crippen LogP contribution < -0.4 is 4.90 Å². The number of aromatic amines is 1. The molecular formula is C11H11N5S. The van der Waals surface area contributed by atoms with Crippen molar-refractivity contribution >= 4 is 28.2 Å². The fourth-order valence-electron chi connectivity index (χ4n) is 1.70. The van der Waals surface area contributed by atoms with E-state index < -0.39 is 0 Å². The summed E-state index contributed by atoms with van der Waals surface area (Å²) in [5.41, 5.74) is 0.842. The van der Waals surface area contributed by atoms with Gasteiger partial charge in [-0.05, 0) is 6.07 Å². The zero-order valence-corrected chi connectivity index (χ0v) is 10.3. The average Bonchev–Trinajstić information content (AvgIpc) is 2.98. The monoisotopic (exact) mass is 245 g/mol. The number of hydrogen-bond donors (Lipinski definition) is 1. The highest BCUT2D eigenvalue weighted by atomic mass is 32.1. The Morgan fingerprint density at radius 3 is 2.88 bits per heavy atom. The highest BCUT2D eigenvalue weighted by Crippen LogP contribution is 2.26. The van der Waals surface area contributed by atoms with E-state index >= 15 is 0 Å². The molecule has 0 bridgehead atoms. The molecule has 3 rings (SSSR count). The zero-order valence-electron chi connectivity index (χ0n) is 9.51. The van der Waals surface area contributed by atoms with Crippen molar-refractivity contribution in [1.29, 1.82) is 0 Å². The number of fused-ring (bicyclic) bond motifs is 1. The first-order valence-electron chi connectivity index (χ1n) is 5.18. The molecule has 3 aromatic heterocycles. The molecular weight excluding hydrogens is 234 g/mol. The second-order valence-corrected chi connectivity index (χ2v) is 4.74. The molecule has 86 valence electrons. The van der Waals surface area contributed by atoms with Crippen LogP contribution in [0.5, 0.6) is 0 Å². The minimum atomic E-state index is 0.665. The van der Waals surface area contributed by atoms with E-state index in [-0.39, 0.29) is 0 Å². The van der Waals surface area contributed by atoms with Crippen LogP contribution in [0.15, 0.2) is 23.8 Å². The molecule has 0 aliphatic carbocycles. The van der Waals surface area contributed by atoms with E-state index in [4.69, 9.17) is 0 Å². The maximum Gasteiger partial charge on any atom is 0.192 e. The number of nitrogens with zero attached hydrogens (tertiary/aromatic N) is 4. The topological polar surface area (TPSA) is 57.7 Å². The third kappa shape index (κ3) is 1.66. The first-order valence-corrected chi connectivity index (χ1v) is 6.06.